The Bertz CT molecular complexity index is 851. The van der Waals surface area contributed by atoms with E-state index in [2.05, 4.69) is 10.6 Å². The molecule has 0 radical (unpaired) electrons. The molecule has 0 saturated heterocycles. The van der Waals surface area contributed by atoms with Gasteiger partial charge in [0.25, 0.3) is 5.91 Å². The molecule has 0 aliphatic rings. The van der Waals surface area contributed by atoms with Crippen molar-refractivity contribution >= 4 is 46.0 Å². The van der Waals surface area contributed by atoms with E-state index in [0.29, 0.717) is 3.57 Å². The van der Waals surface area contributed by atoms with Gasteiger partial charge in [-0.2, -0.15) is 0 Å². The molecule has 2 aromatic rings. The number of hydrogen-bond donors (Lipinski definition) is 2. The summed E-state index contributed by atoms with van der Waals surface area (Å²) in [6.07, 6.45) is -0.812. The van der Waals surface area contributed by atoms with E-state index in [1.54, 1.807) is 20.8 Å². The quantitative estimate of drug-likeness (QED) is 0.604. The Labute approximate surface area is 163 Å². The van der Waals surface area contributed by atoms with Crippen molar-refractivity contribution in [3.63, 3.8) is 0 Å². The van der Waals surface area contributed by atoms with E-state index in [9.17, 15) is 18.4 Å². The average Bonchev–Trinajstić information content (AvgIpc) is 2.48. The van der Waals surface area contributed by atoms with Gasteiger partial charge < -0.3 is 10.1 Å². The number of carbonyl (C=O) groups excluding carboxylic acids is 2. The minimum absolute atomic E-state index is 0.133. The summed E-state index contributed by atoms with van der Waals surface area (Å²) >= 11 is 1.85. The summed E-state index contributed by atoms with van der Waals surface area (Å²) < 4.78 is 32.6. The lowest BCUT2D eigenvalue weighted by Gasteiger charge is -2.20. The van der Waals surface area contributed by atoms with Crippen LogP contribution in [0, 0.1) is 15.2 Å². The second-order valence-electron chi connectivity index (χ2n) is 6.40. The first-order chi connectivity index (χ1) is 12.0. The van der Waals surface area contributed by atoms with Crippen LogP contribution >= 0.6 is 22.6 Å². The summed E-state index contributed by atoms with van der Waals surface area (Å²) in [6.45, 7) is 5.05. The highest BCUT2D eigenvalue weighted by Crippen LogP contribution is 2.22. The maximum atomic E-state index is 13.9. The third-order valence-electron chi connectivity index (χ3n) is 3.04. The van der Waals surface area contributed by atoms with E-state index in [1.165, 1.54) is 30.3 Å². The van der Waals surface area contributed by atoms with Crippen molar-refractivity contribution in [1.29, 1.82) is 0 Å². The van der Waals surface area contributed by atoms with Crippen LogP contribution in [0.15, 0.2) is 36.4 Å². The zero-order chi connectivity index (χ0) is 19.5. The maximum absolute atomic E-state index is 13.9. The highest BCUT2D eigenvalue weighted by molar-refractivity contribution is 14.1. The third-order valence-corrected chi connectivity index (χ3v) is 3.93. The Balaban J connectivity index is 2.16. The fourth-order valence-electron chi connectivity index (χ4n) is 1.98. The van der Waals surface area contributed by atoms with Gasteiger partial charge in [0.15, 0.2) is 0 Å². The SMILES string of the molecule is CC(C)(C)OC(=O)Nc1cc(NC(=O)c2ccc(F)cc2I)ccc1F. The van der Waals surface area contributed by atoms with Gasteiger partial charge in [0.1, 0.15) is 17.2 Å². The smallest absolute Gasteiger partial charge is 0.412 e. The summed E-state index contributed by atoms with van der Waals surface area (Å²) in [5, 5.41) is 4.88. The molecule has 2 N–H and O–H groups in total. The number of hydrogen-bond acceptors (Lipinski definition) is 3. The van der Waals surface area contributed by atoms with Crippen molar-refractivity contribution in [3.05, 3.63) is 57.2 Å². The van der Waals surface area contributed by atoms with Gasteiger partial charge in [-0.05, 0) is 79.8 Å². The molecule has 0 aliphatic heterocycles. The number of halogens is 3. The van der Waals surface area contributed by atoms with Crippen LogP contribution in [0.25, 0.3) is 0 Å². The van der Waals surface area contributed by atoms with Crippen LogP contribution in [0.1, 0.15) is 31.1 Å². The fraction of sp³-hybridized carbons (Fsp3) is 0.222. The minimum Gasteiger partial charge on any atom is -0.444 e. The van der Waals surface area contributed by atoms with Crippen LogP contribution in [0.5, 0.6) is 0 Å². The molecule has 0 heterocycles. The lowest BCUT2D eigenvalue weighted by molar-refractivity contribution is 0.0635. The van der Waals surface area contributed by atoms with Gasteiger partial charge in [-0.3, -0.25) is 10.1 Å². The summed E-state index contributed by atoms with van der Waals surface area (Å²) in [6, 6.07) is 7.50. The van der Waals surface area contributed by atoms with Gasteiger partial charge in [0.05, 0.1) is 11.3 Å². The van der Waals surface area contributed by atoms with Crippen molar-refractivity contribution in [1.82, 2.24) is 0 Å². The van der Waals surface area contributed by atoms with Gasteiger partial charge in [-0.15, -0.1) is 0 Å². The molecule has 0 unspecified atom stereocenters. The normalized spacial score (nSPS) is 11.0. The van der Waals surface area contributed by atoms with Crippen LogP contribution in [0.3, 0.4) is 0 Å². The monoisotopic (exact) mass is 474 g/mol. The van der Waals surface area contributed by atoms with Crippen molar-refractivity contribution in [2.24, 2.45) is 0 Å². The van der Waals surface area contributed by atoms with Crippen molar-refractivity contribution < 1.29 is 23.1 Å². The van der Waals surface area contributed by atoms with Gasteiger partial charge in [0, 0.05) is 9.26 Å². The molecule has 0 aliphatic carbocycles. The van der Waals surface area contributed by atoms with E-state index >= 15 is 0 Å². The minimum atomic E-state index is -0.812. The standard InChI is InChI=1S/C18H17F2IN2O3/c1-18(2,3)26-17(25)23-15-9-11(5-7-13(15)20)22-16(24)12-6-4-10(19)8-14(12)21/h4-9H,1-3H3,(H,22,24)(H,23,25). The molecule has 2 rings (SSSR count). The van der Waals surface area contributed by atoms with Gasteiger partial charge in [-0.25, -0.2) is 13.6 Å². The molecule has 0 fully saturated rings. The summed E-state index contributed by atoms with van der Waals surface area (Å²) in [5.41, 5.74) is -0.322. The number of amides is 2. The third kappa shape index (κ3) is 5.65. The highest BCUT2D eigenvalue weighted by Gasteiger charge is 2.18. The van der Waals surface area contributed by atoms with Crippen LogP contribution in [-0.4, -0.2) is 17.6 Å². The first-order valence-electron chi connectivity index (χ1n) is 7.61. The van der Waals surface area contributed by atoms with Gasteiger partial charge >= 0.3 is 6.09 Å². The number of anilines is 2. The largest absolute Gasteiger partial charge is 0.444 e. The molecule has 0 saturated carbocycles. The van der Waals surface area contributed by atoms with E-state index in [4.69, 9.17) is 4.74 Å². The highest BCUT2D eigenvalue weighted by atomic mass is 127. The number of benzene rings is 2. The summed E-state index contributed by atoms with van der Waals surface area (Å²) in [4.78, 5) is 24.1. The lowest BCUT2D eigenvalue weighted by atomic mass is 10.2. The zero-order valence-corrected chi connectivity index (χ0v) is 16.5. The zero-order valence-electron chi connectivity index (χ0n) is 14.3. The maximum Gasteiger partial charge on any atom is 0.412 e. The van der Waals surface area contributed by atoms with E-state index in [0.717, 1.165) is 6.07 Å². The molecule has 0 atom stereocenters. The van der Waals surface area contributed by atoms with E-state index in [1.807, 2.05) is 22.6 Å². The van der Waals surface area contributed by atoms with Gasteiger partial charge in [0.2, 0.25) is 0 Å². The summed E-state index contributed by atoms with van der Waals surface area (Å²) in [5.74, 6) is -1.61. The molecule has 0 spiro atoms. The predicted octanol–water partition coefficient (Wildman–Crippen LogP) is 5.17. The fourth-order valence-corrected chi connectivity index (χ4v) is 2.71. The molecular formula is C18H17F2IN2O3. The second kappa shape index (κ2) is 7.98. The number of carbonyl (C=O) groups is 2. The molecule has 26 heavy (non-hydrogen) atoms. The first-order valence-corrected chi connectivity index (χ1v) is 8.69. The molecule has 5 nitrogen and oxygen atoms in total. The topological polar surface area (TPSA) is 67.4 Å². The Morgan fingerprint density at radius 3 is 2.35 bits per heavy atom. The van der Waals surface area contributed by atoms with Crippen LogP contribution < -0.4 is 10.6 Å². The first kappa shape index (κ1) is 20.1. The number of nitrogens with one attached hydrogen (secondary N) is 2. The van der Waals surface area contributed by atoms with E-state index < -0.39 is 29.2 Å². The van der Waals surface area contributed by atoms with Gasteiger partial charge in [-0.1, -0.05) is 0 Å². The van der Waals surface area contributed by atoms with Crippen LogP contribution in [-0.2, 0) is 4.74 Å². The predicted molar refractivity (Wildman–Crippen MR) is 103 cm³/mol. The average molecular weight is 474 g/mol. The Morgan fingerprint density at radius 1 is 1.04 bits per heavy atom. The number of ether oxygens (including phenoxy) is 1. The molecule has 2 amide bonds. The Kier molecular flexibility index (Phi) is 6.17. The second-order valence-corrected chi connectivity index (χ2v) is 7.56. The Hall–Kier alpha value is -2.23. The number of rotatable bonds is 3. The van der Waals surface area contributed by atoms with Crippen LogP contribution in [0.2, 0.25) is 0 Å². The van der Waals surface area contributed by atoms with Crippen molar-refractivity contribution in [2.75, 3.05) is 10.6 Å². The van der Waals surface area contributed by atoms with Crippen molar-refractivity contribution in [2.45, 2.75) is 26.4 Å². The molecule has 138 valence electrons. The van der Waals surface area contributed by atoms with Crippen molar-refractivity contribution in [3.8, 4) is 0 Å². The molecule has 2 aromatic carbocycles. The lowest BCUT2D eigenvalue weighted by Crippen LogP contribution is -2.27. The van der Waals surface area contributed by atoms with E-state index in [-0.39, 0.29) is 16.9 Å². The molecule has 0 aromatic heterocycles. The summed E-state index contributed by atoms with van der Waals surface area (Å²) in [7, 11) is 0. The van der Waals surface area contributed by atoms with Crippen LogP contribution in [0.4, 0.5) is 25.0 Å². The molecule has 8 heteroatoms. The molecule has 0 bridgehead atoms. The Morgan fingerprint density at radius 2 is 1.73 bits per heavy atom. The molecular weight excluding hydrogens is 457 g/mol.